The summed E-state index contributed by atoms with van der Waals surface area (Å²) in [7, 11) is 0. The van der Waals surface area contributed by atoms with Gasteiger partial charge in [-0.1, -0.05) is 12.2 Å². The molecule has 3 nitrogen and oxygen atoms in total. The van der Waals surface area contributed by atoms with Crippen molar-refractivity contribution >= 4 is 11.8 Å². The molecular formula is C14H17NO2. The maximum Gasteiger partial charge on any atom is 0.233 e. The van der Waals surface area contributed by atoms with Gasteiger partial charge in [-0.2, -0.15) is 0 Å². The van der Waals surface area contributed by atoms with Gasteiger partial charge in [-0.25, -0.2) is 0 Å². The second-order valence-corrected chi connectivity index (χ2v) is 6.36. The molecule has 0 aromatic carbocycles. The Morgan fingerprint density at radius 2 is 1.59 bits per heavy atom. The van der Waals surface area contributed by atoms with Gasteiger partial charge in [-0.3, -0.25) is 14.5 Å². The fourth-order valence-electron chi connectivity index (χ4n) is 4.61. The largest absolute Gasteiger partial charge is 0.280 e. The lowest BCUT2D eigenvalue weighted by Crippen LogP contribution is -2.39. The predicted octanol–water partition coefficient (Wildman–Crippen LogP) is 1.59. The average molecular weight is 231 g/mol. The van der Waals surface area contributed by atoms with Crippen LogP contribution in [0.25, 0.3) is 0 Å². The van der Waals surface area contributed by atoms with Gasteiger partial charge >= 0.3 is 0 Å². The normalized spacial score (nSPS) is 44.3. The minimum absolute atomic E-state index is 0.00940. The molecule has 17 heavy (non-hydrogen) atoms. The van der Waals surface area contributed by atoms with Crippen LogP contribution in [0.5, 0.6) is 0 Å². The molecule has 1 heterocycles. The summed E-state index contributed by atoms with van der Waals surface area (Å²) in [5.41, 5.74) is 0.323. The van der Waals surface area contributed by atoms with Crippen molar-refractivity contribution in [3.63, 3.8) is 0 Å². The standard InChI is InChI=1S/C14H17NO2/c1-7(2)15-12(16)10-8-3-4-9(11(10)13(15)17)14(8)5-6-14/h3-4,7-11H,5-6H2,1-2H3. The van der Waals surface area contributed by atoms with Gasteiger partial charge in [-0.05, 0) is 43.9 Å². The lowest BCUT2D eigenvalue weighted by atomic mass is 9.85. The third-order valence-corrected chi connectivity index (χ3v) is 5.40. The molecular weight excluding hydrogens is 214 g/mol. The number of likely N-dealkylation sites (tertiary alicyclic amines) is 1. The van der Waals surface area contributed by atoms with Gasteiger partial charge in [0.15, 0.2) is 0 Å². The first-order valence-corrected chi connectivity index (χ1v) is 6.63. The van der Waals surface area contributed by atoms with Crippen molar-refractivity contribution in [1.29, 1.82) is 0 Å². The smallest absolute Gasteiger partial charge is 0.233 e. The first kappa shape index (κ1) is 9.86. The number of nitrogens with zero attached hydrogens (tertiary/aromatic N) is 1. The fourth-order valence-corrected chi connectivity index (χ4v) is 4.61. The van der Waals surface area contributed by atoms with Crippen LogP contribution in [0.15, 0.2) is 12.2 Å². The first-order chi connectivity index (χ1) is 8.08. The van der Waals surface area contributed by atoms with Crippen LogP contribution in [0.1, 0.15) is 26.7 Å². The zero-order chi connectivity index (χ0) is 11.9. The molecule has 2 saturated carbocycles. The first-order valence-electron chi connectivity index (χ1n) is 6.63. The molecule has 4 aliphatic rings. The van der Waals surface area contributed by atoms with E-state index in [1.807, 2.05) is 13.8 Å². The Labute approximate surface area is 101 Å². The third-order valence-electron chi connectivity index (χ3n) is 5.40. The number of carbonyl (C=O) groups is 2. The van der Waals surface area contributed by atoms with E-state index >= 15 is 0 Å². The number of rotatable bonds is 1. The molecule has 3 aliphatic carbocycles. The summed E-state index contributed by atoms with van der Waals surface area (Å²) in [5, 5.41) is 0. The van der Waals surface area contributed by atoms with E-state index in [9.17, 15) is 9.59 Å². The Balaban J connectivity index is 1.79. The minimum Gasteiger partial charge on any atom is -0.280 e. The maximum atomic E-state index is 12.4. The van der Waals surface area contributed by atoms with Gasteiger partial charge < -0.3 is 0 Å². The van der Waals surface area contributed by atoms with Crippen molar-refractivity contribution in [2.75, 3.05) is 0 Å². The Morgan fingerprint density at radius 3 is 1.94 bits per heavy atom. The fraction of sp³-hybridized carbons (Fsp3) is 0.714. The van der Waals surface area contributed by atoms with Crippen LogP contribution in [-0.2, 0) is 9.59 Å². The minimum atomic E-state index is -0.0256. The lowest BCUT2D eigenvalue weighted by molar-refractivity contribution is -0.143. The summed E-state index contributed by atoms with van der Waals surface area (Å²) >= 11 is 0. The molecule has 2 amide bonds. The van der Waals surface area contributed by atoms with Crippen LogP contribution >= 0.6 is 0 Å². The molecule has 0 radical (unpaired) electrons. The number of carbonyl (C=O) groups excluding carboxylic acids is 2. The number of hydrogen-bond donors (Lipinski definition) is 0. The molecule has 90 valence electrons. The second-order valence-electron chi connectivity index (χ2n) is 6.36. The highest BCUT2D eigenvalue weighted by atomic mass is 16.2. The van der Waals surface area contributed by atoms with E-state index in [-0.39, 0.29) is 29.7 Å². The van der Waals surface area contributed by atoms with E-state index in [4.69, 9.17) is 0 Å². The SMILES string of the molecule is CC(C)N1C(=O)C2C(C1=O)C1C=CC2C12CC2. The van der Waals surface area contributed by atoms with Crippen molar-refractivity contribution in [1.82, 2.24) is 4.90 Å². The van der Waals surface area contributed by atoms with E-state index in [0.29, 0.717) is 17.3 Å². The molecule has 1 spiro atoms. The summed E-state index contributed by atoms with van der Waals surface area (Å²) in [4.78, 5) is 26.3. The highest BCUT2D eigenvalue weighted by molar-refractivity contribution is 6.07. The summed E-state index contributed by atoms with van der Waals surface area (Å²) < 4.78 is 0. The number of allylic oxidation sites excluding steroid dienone is 2. The Hall–Kier alpha value is -1.12. The van der Waals surface area contributed by atoms with Gasteiger partial charge in [0.25, 0.3) is 0 Å². The van der Waals surface area contributed by atoms with E-state index in [1.165, 1.54) is 17.7 Å². The molecule has 1 saturated heterocycles. The molecule has 4 unspecified atom stereocenters. The molecule has 0 N–H and O–H groups in total. The molecule has 0 aromatic heterocycles. The zero-order valence-electron chi connectivity index (χ0n) is 10.2. The van der Waals surface area contributed by atoms with Crippen LogP contribution < -0.4 is 0 Å². The monoisotopic (exact) mass is 231 g/mol. The van der Waals surface area contributed by atoms with Gasteiger partial charge in [-0.15, -0.1) is 0 Å². The lowest BCUT2D eigenvalue weighted by Gasteiger charge is -2.24. The van der Waals surface area contributed by atoms with Crippen LogP contribution in [0, 0.1) is 29.1 Å². The highest BCUT2D eigenvalue weighted by Crippen LogP contribution is 2.73. The van der Waals surface area contributed by atoms with Gasteiger partial charge in [0, 0.05) is 6.04 Å². The number of amides is 2. The van der Waals surface area contributed by atoms with Crippen LogP contribution in [0.3, 0.4) is 0 Å². The number of imide groups is 1. The van der Waals surface area contributed by atoms with E-state index in [0.717, 1.165) is 0 Å². The van der Waals surface area contributed by atoms with Crippen molar-refractivity contribution in [3.8, 4) is 0 Å². The summed E-state index contributed by atoms with van der Waals surface area (Å²) in [6, 6.07) is 0.00940. The second kappa shape index (κ2) is 2.65. The molecule has 2 bridgehead atoms. The molecule has 3 fully saturated rings. The number of fused-ring (bicyclic) bond motifs is 3. The van der Waals surface area contributed by atoms with Crippen molar-refractivity contribution in [3.05, 3.63) is 12.2 Å². The Morgan fingerprint density at radius 1 is 1.12 bits per heavy atom. The van der Waals surface area contributed by atoms with E-state index < -0.39 is 0 Å². The van der Waals surface area contributed by atoms with Crippen molar-refractivity contribution in [2.24, 2.45) is 29.1 Å². The van der Waals surface area contributed by atoms with Crippen molar-refractivity contribution < 1.29 is 9.59 Å². The molecule has 0 aromatic rings. The van der Waals surface area contributed by atoms with Gasteiger partial charge in [0.05, 0.1) is 11.8 Å². The van der Waals surface area contributed by atoms with Crippen LogP contribution in [-0.4, -0.2) is 22.8 Å². The predicted molar refractivity (Wildman–Crippen MR) is 61.8 cm³/mol. The van der Waals surface area contributed by atoms with Crippen molar-refractivity contribution in [2.45, 2.75) is 32.7 Å². The molecule has 4 atom stereocenters. The van der Waals surface area contributed by atoms with Gasteiger partial charge in [0.1, 0.15) is 0 Å². The zero-order valence-corrected chi connectivity index (χ0v) is 10.2. The van der Waals surface area contributed by atoms with E-state index in [1.54, 1.807) is 0 Å². The third kappa shape index (κ3) is 0.883. The number of hydrogen-bond acceptors (Lipinski definition) is 2. The summed E-state index contributed by atoms with van der Waals surface area (Å²) in [6.45, 7) is 3.86. The summed E-state index contributed by atoms with van der Waals surface area (Å²) in [5.74, 6) is 0.858. The Kier molecular flexibility index (Phi) is 1.54. The van der Waals surface area contributed by atoms with Crippen LogP contribution in [0.2, 0.25) is 0 Å². The molecule has 1 aliphatic heterocycles. The highest BCUT2D eigenvalue weighted by Gasteiger charge is 2.73. The van der Waals surface area contributed by atoms with E-state index in [2.05, 4.69) is 12.2 Å². The topological polar surface area (TPSA) is 37.4 Å². The van der Waals surface area contributed by atoms with Gasteiger partial charge in [0.2, 0.25) is 11.8 Å². The quantitative estimate of drug-likeness (QED) is 0.507. The average Bonchev–Trinajstić information content (AvgIpc) is 2.85. The summed E-state index contributed by atoms with van der Waals surface area (Å²) in [6.07, 6.45) is 6.86. The maximum absolute atomic E-state index is 12.4. The van der Waals surface area contributed by atoms with Crippen LogP contribution in [0.4, 0.5) is 0 Å². The molecule has 3 heteroatoms. The Bertz CT molecular complexity index is 427. The molecule has 4 rings (SSSR count).